The van der Waals surface area contributed by atoms with Crippen LogP contribution in [0.5, 0.6) is 5.75 Å². The number of ether oxygens (including phenoxy) is 1. The number of carbonyl (C=O) groups excluding carboxylic acids is 1. The van der Waals surface area contributed by atoms with E-state index in [2.05, 4.69) is 24.5 Å². The molecule has 1 aromatic rings. The molecule has 0 saturated carbocycles. The molecule has 1 aliphatic rings. The lowest BCUT2D eigenvalue weighted by molar-refractivity contribution is -0.117. The summed E-state index contributed by atoms with van der Waals surface area (Å²) in [6.45, 7) is 5.67. The fourth-order valence-corrected chi connectivity index (χ4v) is 2.62. The minimum Gasteiger partial charge on any atom is -0.492 e. The molecule has 1 amide bonds. The third kappa shape index (κ3) is 3.89. The lowest BCUT2D eigenvalue weighted by Crippen LogP contribution is -2.27. The monoisotopic (exact) mass is 310 g/mol. The number of fused-ring (bicyclic) bond motifs is 1. The summed E-state index contributed by atoms with van der Waals surface area (Å²) in [7, 11) is 0. The molecule has 21 heavy (non-hydrogen) atoms. The SMILES string of the molecule is CCCCCOc1cc2c(cc1Cl)C(NCCC)C(=O)N2. The van der Waals surface area contributed by atoms with Crippen molar-refractivity contribution in [2.24, 2.45) is 0 Å². The van der Waals surface area contributed by atoms with Crippen molar-refractivity contribution in [1.82, 2.24) is 5.32 Å². The Hall–Kier alpha value is -1.26. The highest BCUT2D eigenvalue weighted by Crippen LogP contribution is 2.38. The minimum absolute atomic E-state index is 0.0300. The second-order valence-corrected chi connectivity index (χ2v) is 5.71. The average molecular weight is 311 g/mol. The van der Waals surface area contributed by atoms with Crippen LogP contribution in [0.3, 0.4) is 0 Å². The van der Waals surface area contributed by atoms with E-state index >= 15 is 0 Å². The molecule has 1 aliphatic heterocycles. The summed E-state index contributed by atoms with van der Waals surface area (Å²) in [5.74, 6) is 0.612. The summed E-state index contributed by atoms with van der Waals surface area (Å²) < 4.78 is 5.71. The van der Waals surface area contributed by atoms with Crippen LogP contribution in [-0.2, 0) is 4.79 Å². The van der Waals surface area contributed by atoms with Crippen LogP contribution in [0, 0.1) is 0 Å². The van der Waals surface area contributed by atoms with Gasteiger partial charge in [-0.25, -0.2) is 0 Å². The molecule has 1 atom stereocenters. The molecule has 0 aromatic heterocycles. The van der Waals surface area contributed by atoms with Gasteiger partial charge in [-0.05, 0) is 25.5 Å². The molecular formula is C16H23ClN2O2. The molecule has 2 rings (SSSR count). The summed E-state index contributed by atoms with van der Waals surface area (Å²) in [4.78, 5) is 12.0. The molecular weight excluding hydrogens is 288 g/mol. The molecule has 1 unspecified atom stereocenters. The van der Waals surface area contributed by atoms with Gasteiger partial charge in [-0.15, -0.1) is 0 Å². The van der Waals surface area contributed by atoms with Crippen LogP contribution in [0.2, 0.25) is 5.02 Å². The fourth-order valence-electron chi connectivity index (χ4n) is 2.40. The van der Waals surface area contributed by atoms with Gasteiger partial charge in [0.25, 0.3) is 0 Å². The number of amides is 1. The number of hydrogen-bond donors (Lipinski definition) is 2. The maximum absolute atomic E-state index is 12.0. The second-order valence-electron chi connectivity index (χ2n) is 5.30. The zero-order valence-corrected chi connectivity index (χ0v) is 13.4. The van der Waals surface area contributed by atoms with E-state index < -0.39 is 0 Å². The number of carbonyl (C=O) groups is 1. The van der Waals surface area contributed by atoms with Gasteiger partial charge in [0.15, 0.2) is 0 Å². The van der Waals surface area contributed by atoms with Gasteiger partial charge >= 0.3 is 0 Å². The van der Waals surface area contributed by atoms with Crippen molar-refractivity contribution in [3.05, 3.63) is 22.7 Å². The van der Waals surface area contributed by atoms with E-state index in [9.17, 15) is 4.79 Å². The molecule has 0 radical (unpaired) electrons. The van der Waals surface area contributed by atoms with Gasteiger partial charge in [0.05, 0.1) is 11.6 Å². The zero-order valence-electron chi connectivity index (χ0n) is 12.7. The first-order valence-corrected chi connectivity index (χ1v) is 8.05. The fraction of sp³-hybridized carbons (Fsp3) is 0.562. The van der Waals surface area contributed by atoms with Crippen LogP contribution < -0.4 is 15.4 Å². The molecule has 4 nitrogen and oxygen atoms in total. The number of benzene rings is 1. The van der Waals surface area contributed by atoms with Gasteiger partial charge in [0.1, 0.15) is 11.8 Å². The Balaban J connectivity index is 2.09. The predicted octanol–water partition coefficient (Wildman–Crippen LogP) is 3.90. The van der Waals surface area contributed by atoms with Crippen LogP contribution in [0.4, 0.5) is 5.69 Å². The quantitative estimate of drug-likeness (QED) is 0.716. The number of unbranched alkanes of at least 4 members (excludes halogenated alkanes) is 2. The largest absolute Gasteiger partial charge is 0.492 e. The minimum atomic E-state index is -0.313. The lowest BCUT2D eigenvalue weighted by atomic mass is 10.1. The third-order valence-electron chi connectivity index (χ3n) is 3.54. The van der Waals surface area contributed by atoms with Crippen LogP contribution in [0.15, 0.2) is 12.1 Å². The van der Waals surface area contributed by atoms with Crippen molar-refractivity contribution >= 4 is 23.2 Å². The van der Waals surface area contributed by atoms with Crippen molar-refractivity contribution in [3.8, 4) is 5.75 Å². The first kappa shape index (κ1) is 16.1. The van der Waals surface area contributed by atoms with Crippen molar-refractivity contribution in [3.63, 3.8) is 0 Å². The van der Waals surface area contributed by atoms with E-state index in [4.69, 9.17) is 16.3 Å². The first-order valence-electron chi connectivity index (χ1n) is 7.67. The summed E-state index contributed by atoms with van der Waals surface area (Å²) in [5.41, 5.74) is 1.70. The molecule has 0 fully saturated rings. The van der Waals surface area contributed by atoms with E-state index in [-0.39, 0.29) is 11.9 Å². The van der Waals surface area contributed by atoms with E-state index in [1.54, 1.807) is 0 Å². The molecule has 1 aromatic carbocycles. The highest BCUT2D eigenvalue weighted by Gasteiger charge is 2.31. The Morgan fingerprint density at radius 1 is 1.29 bits per heavy atom. The number of halogens is 1. The predicted molar refractivity (Wildman–Crippen MR) is 86.1 cm³/mol. The van der Waals surface area contributed by atoms with Gasteiger partial charge in [0.2, 0.25) is 5.91 Å². The number of anilines is 1. The summed E-state index contributed by atoms with van der Waals surface area (Å²) in [6.07, 6.45) is 4.28. The van der Waals surface area contributed by atoms with Crippen molar-refractivity contribution < 1.29 is 9.53 Å². The lowest BCUT2D eigenvalue weighted by Gasteiger charge is -2.12. The van der Waals surface area contributed by atoms with E-state index in [1.165, 1.54) is 0 Å². The third-order valence-corrected chi connectivity index (χ3v) is 3.83. The second kappa shape index (κ2) is 7.66. The van der Waals surface area contributed by atoms with Crippen molar-refractivity contribution in [1.29, 1.82) is 0 Å². The molecule has 0 spiro atoms. The molecule has 5 heteroatoms. The molecule has 0 aliphatic carbocycles. The van der Waals surface area contributed by atoms with E-state index in [1.807, 2.05) is 12.1 Å². The topological polar surface area (TPSA) is 50.4 Å². The zero-order chi connectivity index (χ0) is 15.2. The Labute approximate surface area is 131 Å². The standard InChI is InChI=1S/C16H23ClN2O2/c1-3-5-6-8-21-14-10-13-11(9-12(14)17)15(16(20)19-13)18-7-4-2/h9-10,15,18H,3-8H2,1-2H3,(H,19,20). The molecule has 116 valence electrons. The van der Waals surface area contributed by atoms with Crippen LogP contribution in [-0.4, -0.2) is 19.1 Å². The highest BCUT2D eigenvalue weighted by molar-refractivity contribution is 6.32. The van der Waals surface area contributed by atoms with Gasteiger partial charge in [-0.1, -0.05) is 38.3 Å². The maximum atomic E-state index is 12.0. The Morgan fingerprint density at radius 3 is 2.81 bits per heavy atom. The normalized spacial score (nSPS) is 16.7. The Bertz CT molecular complexity index is 505. The van der Waals surface area contributed by atoms with Gasteiger partial charge in [-0.3, -0.25) is 4.79 Å². The van der Waals surface area contributed by atoms with Gasteiger partial charge < -0.3 is 15.4 Å². The number of rotatable bonds is 8. The van der Waals surface area contributed by atoms with Crippen molar-refractivity contribution in [2.75, 3.05) is 18.5 Å². The van der Waals surface area contributed by atoms with Gasteiger partial charge in [-0.2, -0.15) is 0 Å². The van der Waals surface area contributed by atoms with Crippen LogP contribution in [0.1, 0.15) is 51.1 Å². The van der Waals surface area contributed by atoms with Gasteiger partial charge in [0, 0.05) is 17.3 Å². The van der Waals surface area contributed by atoms with Crippen LogP contribution in [0.25, 0.3) is 0 Å². The summed E-state index contributed by atoms with van der Waals surface area (Å²) in [5, 5.41) is 6.68. The molecule has 0 saturated heterocycles. The Morgan fingerprint density at radius 2 is 2.10 bits per heavy atom. The highest BCUT2D eigenvalue weighted by atomic mass is 35.5. The van der Waals surface area contributed by atoms with E-state index in [0.29, 0.717) is 17.4 Å². The summed E-state index contributed by atoms with van der Waals surface area (Å²) in [6, 6.07) is 3.35. The molecule has 2 N–H and O–H groups in total. The molecule has 1 heterocycles. The smallest absolute Gasteiger partial charge is 0.246 e. The first-order chi connectivity index (χ1) is 10.2. The number of hydrogen-bond acceptors (Lipinski definition) is 3. The number of nitrogens with one attached hydrogen (secondary N) is 2. The van der Waals surface area contributed by atoms with Crippen LogP contribution >= 0.6 is 11.6 Å². The average Bonchev–Trinajstić information content (AvgIpc) is 2.76. The molecule has 0 bridgehead atoms. The summed E-state index contributed by atoms with van der Waals surface area (Å²) >= 11 is 6.28. The van der Waals surface area contributed by atoms with E-state index in [0.717, 1.165) is 43.5 Å². The van der Waals surface area contributed by atoms with Crippen molar-refractivity contribution in [2.45, 2.75) is 45.6 Å². The Kier molecular flexibility index (Phi) is 5.88. The maximum Gasteiger partial charge on any atom is 0.246 e.